The van der Waals surface area contributed by atoms with Gasteiger partial charge in [0.15, 0.2) is 5.78 Å². The second kappa shape index (κ2) is 5.86. The lowest BCUT2D eigenvalue weighted by Crippen LogP contribution is -2.30. The highest BCUT2D eigenvalue weighted by molar-refractivity contribution is 5.84. The van der Waals surface area contributed by atoms with E-state index in [0.29, 0.717) is 6.42 Å². The Morgan fingerprint density at radius 2 is 2.27 bits per heavy atom. The van der Waals surface area contributed by atoms with E-state index in [1.54, 1.807) is 7.11 Å². The number of allylic oxidation sites excluding steroid dienone is 2. The molecule has 15 heavy (non-hydrogen) atoms. The lowest BCUT2D eigenvalue weighted by molar-refractivity contribution is -0.130. The first-order valence-electron chi connectivity index (χ1n) is 5.67. The molecule has 2 heteroatoms. The van der Waals surface area contributed by atoms with E-state index >= 15 is 0 Å². The molecule has 0 saturated heterocycles. The Bertz CT molecular complexity index is 276. The first-order valence-corrected chi connectivity index (χ1v) is 5.67. The van der Waals surface area contributed by atoms with E-state index in [1.165, 1.54) is 5.57 Å². The molecule has 2 atom stereocenters. The fraction of sp³-hybridized carbons (Fsp3) is 0.615. The van der Waals surface area contributed by atoms with E-state index in [9.17, 15) is 4.79 Å². The van der Waals surface area contributed by atoms with Crippen LogP contribution in [-0.4, -0.2) is 19.0 Å². The molecular formula is C13H20O2. The van der Waals surface area contributed by atoms with Crippen molar-refractivity contribution in [1.82, 2.24) is 0 Å². The second-order valence-corrected chi connectivity index (χ2v) is 3.88. The predicted octanol–water partition coefficient (Wildman–Crippen LogP) is 2.89. The number of Topliss-reactive ketones (excluding diaryl/α,β-unsaturated/α-hetero) is 1. The van der Waals surface area contributed by atoms with Gasteiger partial charge in [0.05, 0.1) is 0 Å². The van der Waals surface area contributed by atoms with Crippen molar-refractivity contribution >= 4 is 5.78 Å². The molecule has 0 aliphatic heterocycles. The molecule has 0 radical (unpaired) electrons. The van der Waals surface area contributed by atoms with Crippen LogP contribution in [-0.2, 0) is 9.53 Å². The molecule has 0 aromatic heterocycles. The number of methoxy groups -OCH3 is 1. The average molecular weight is 208 g/mol. The molecule has 0 heterocycles. The number of ether oxygens (including phenoxy) is 1. The van der Waals surface area contributed by atoms with E-state index in [1.807, 2.05) is 13.0 Å². The van der Waals surface area contributed by atoms with Crippen molar-refractivity contribution in [2.45, 2.75) is 39.2 Å². The molecular weight excluding hydrogens is 188 g/mol. The van der Waals surface area contributed by atoms with Gasteiger partial charge in [0, 0.05) is 19.4 Å². The van der Waals surface area contributed by atoms with Gasteiger partial charge >= 0.3 is 0 Å². The molecule has 2 nitrogen and oxygen atoms in total. The summed E-state index contributed by atoms with van der Waals surface area (Å²) in [4.78, 5) is 11.8. The average Bonchev–Trinajstić information content (AvgIpc) is 2.67. The zero-order valence-electron chi connectivity index (χ0n) is 9.82. The third-order valence-electron chi connectivity index (χ3n) is 2.86. The summed E-state index contributed by atoms with van der Waals surface area (Å²) in [6.45, 7) is 4.13. The highest BCUT2D eigenvalue weighted by atomic mass is 16.5. The SMILES string of the molecule is CCCC(=O)C(OC)C1C=CC=C1CC. The molecule has 0 spiro atoms. The van der Waals surface area contributed by atoms with Crippen LogP contribution in [0.3, 0.4) is 0 Å². The van der Waals surface area contributed by atoms with Crippen molar-refractivity contribution in [3.63, 3.8) is 0 Å². The van der Waals surface area contributed by atoms with Gasteiger partial charge in [-0.25, -0.2) is 0 Å². The lowest BCUT2D eigenvalue weighted by atomic mass is 9.90. The zero-order chi connectivity index (χ0) is 11.3. The largest absolute Gasteiger partial charge is 0.373 e. The molecule has 1 aliphatic carbocycles. The van der Waals surface area contributed by atoms with Crippen LogP contribution >= 0.6 is 0 Å². The standard InChI is InChI=1S/C13H20O2/c1-4-7-12(14)13(15-3)11-9-6-8-10(11)5-2/h6,8-9,11,13H,4-5,7H2,1-3H3. The monoisotopic (exact) mass is 208 g/mol. The van der Waals surface area contributed by atoms with E-state index in [4.69, 9.17) is 4.74 Å². The Balaban J connectivity index is 2.70. The highest BCUT2D eigenvalue weighted by Gasteiger charge is 2.28. The normalized spacial score (nSPS) is 21.5. The summed E-state index contributed by atoms with van der Waals surface area (Å²) in [6.07, 6.45) is 8.39. The van der Waals surface area contributed by atoms with Gasteiger partial charge in [-0.1, -0.05) is 37.6 Å². The number of carbonyl (C=O) groups is 1. The topological polar surface area (TPSA) is 26.3 Å². The number of carbonyl (C=O) groups excluding carboxylic acids is 1. The van der Waals surface area contributed by atoms with Crippen LogP contribution in [0.25, 0.3) is 0 Å². The molecule has 0 fully saturated rings. The van der Waals surface area contributed by atoms with Crippen LogP contribution in [0, 0.1) is 5.92 Å². The lowest BCUT2D eigenvalue weighted by Gasteiger charge is -2.22. The summed E-state index contributed by atoms with van der Waals surface area (Å²) in [5, 5.41) is 0. The Morgan fingerprint density at radius 1 is 1.53 bits per heavy atom. The van der Waals surface area contributed by atoms with Crippen LogP contribution in [0.1, 0.15) is 33.1 Å². The van der Waals surface area contributed by atoms with E-state index in [2.05, 4.69) is 19.1 Å². The molecule has 0 saturated carbocycles. The Morgan fingerprint density at radius 3 is 2.80 bits per heavy atom. The summed E-state index contributed by atoms with van der Waals surface area (Å²) in [5.74, 6) is 0.384. The van der Waals surface area contributed by atoms with Crippen molar-refractivity contribution in [2.24, 2.45) is 5.92 Å². The maximum Gasteiger partial charge on any atom is 0.162 e. The molecule has 1 rings (SSSR count). The summed E-state index contributed by atoms with van der Waals surface area (Å²) in [7, 11) is 1.62. The van der Waals surface area contributed by atoms with Gasteiger partial charge in [-0.2, -0.15) is 0 Å². The minimum Gasteiger partial charge on any atom is -0.373 e. The summed E-state index contributed by atoms with van der Waals surface area (Å²) in [6, 6.07) is 0. The van der Waals surface area contributed by atoms with E-state index in [-0.39, 0.29) is 17.8 Å². The molecule has 2 unspecified atom stereocenters. The van der Waals surface area contributed by atoms with Gasteiger partial charge in [-0.05, 0) is 12.8 Å². The zero-order valence-corrected chi connectivity index (χ0v) is 9.82. The molecule has 1 aliphatic rings. The van der Waals surface area contributed by atoms with Crippen molar-refractivity contribution < 1.29 is 9.53 Å². The molecule has 0 bridgehead atoms. The maximum absolute atomic E-state index is 11.8. The molecule has 0 aromatic carbocycles. The third-order valence-corrected chi connectivity index (χ3v) is 2.86. The maximum atomic E-state index is 11.8. The fourth-order valence-corrected chi connectivity index (χ4v) is 2.05. The fourth-order valence-electron chi connectivity index (χ4n) is 2.05. The summed E-state index contributed by atoms with van der Waals surface area (Å²) < 4.78 is 5.34. The quantitative estimate of drug-likeness (QED) is 0.671. The van der Waals surface area contributed by atoms with Gasteiger partial charge < -0.3 is 4.74 Å². The van der Waals surface area contributed by atoms with Crippen LogP contribution in [0.5, 0.6) is 0 Å². The Labute approximate surface area is 92.0 Å². The first kappa shape index (κ1) is 12.2. The van der Waals surface area contributed by atoms with Crippen molar-refractivity contribution in [3.8, 4) is 0 Å². The molecule has 0 amide bonds. The summed E-state index contributed by atoms with van der Waals surface area (Å²) in [5.41, 5.74) is 1.30. The van der Waals surface area contributed by atoms with Crippen molar-refractivity contribution in [2.75, 3.05) is 7.11 Å². The molecule has 0 N–H and O–H groups in total. The van der Waals surface area contributed by atoms with Crippen LogP contribution in [0.15, 0.2) is 23.8 Å². The van der Waals surface area contributed by atoms with Gasteiger partial charge in [0.1, 0.15) is 6.10 Å². The van der Waals surface area contributed by atoms with Crippen LogP contribution in [0.2, 0.25) is 0 Å². The number of rotatable bonds is 6. The van der Waals surface area contributed by atoms with Crippen molar-refractivity contribution in [1.29, 1.82) is 0 Å². The van der Waals surface area contributed by atoms with Crippen LogP contribution < -0.4 is 0 Å². The predicted molar refractivity (Wildman–Crippen MR) is 61.7 cm³/mol. The minimum absolute atomic E-state index is 0.166. The Kier molecular flexibility index (Phi) is 4.76. The van der Waals surface area contributed by atoms with Crippen LogP contribution in [0.4, 0.5) is 0 Å². The smallest absolute Gasteiger partial charge is 0.162 e. The van der Waals surface area contributed by atoms with Gasteiger partial charge in [0.25, 0.3) is 0 Å². The highest BCUT2D eigenvalue weighted by Crippen LogP contribution is 2.28. The van der Waals surface area contributed by atoms with E-state index in [0.717, 1.165) is 12.8 Å². The molecule has 0 aromatic rings. The van der Waals surface area contributed by atoms with Gasteiger partial charge in [-0.3, -0.25) is 4.79 Å². The third kappa shape index (κ3) is 2.78. The van der Waals surface area contributed by atoms with Gasteiger partial charge in [-0.15, -0.1) is 0 Å². The second-order valence-electron chi connectivity index (χ2n) is 3.88. The number of hydrogen-bond acceptors (Lipinski definition) is 2. The minimum atomic E-state index is -0.283. The Hall–Kier alpha value is -0.890. The first-order chi connectivity index (χ1) is 7.24. The van der Waals surface area contributed by atoms with Crippen molar-refractivity contribution in [3.05, 3.63) is 23.8 Å². The van der Waals surface area contributed by atoms with E-state index < -0.39 is 0 Å². The molecule has 84 valence electrons. The number of ketones is 1. The summed E-state index contributed by atoms with van der Waals surface area (Å²) >= 11 is 0. The van der Waals surface area contributed by atoms with Gasteiger partial charge in [0.2, 0.25) is 0 Å². The number of hydrogen-bond donors (Lipinski definition) is 0.